The van der Waals surface area contributed by atoms with Gasteiger partial charge < -0.3 is 10.4 Å². The van der Waals surface area contributed by atoms with E-state index >= 15 is 0 Å². The molecule has 9 nitrogen and oxygen atoms in total. The van der Waals surface area contributed by atoms with Crippen molar-refractivity contribution in [2.75, 3.05) is 5.32 Å². The molecule has 0 aliphatic rings. The summed E-state index contributed by atoms with van der Waals surface area (Å²) in [6, 6.07) is 12.7. The van der Waals surface area contributed by atoms with Crippen LogP contribution in [0.1, 0.15) is 42.1 Å². The summed E-state index contributed by atoms with van der Waals surface area (Å²) in [6.45, 7) is 5.08. The maximum atomic E-state index is 13.7. The quantitative estimate of drug-likeness (QED) is 0.317. The summed E-state index contributed by atoms with van der Waals surface area (Å²) < 4.78 is 29.1. The van der Waals surface area contributed by atoms with E-state index in [1.54, 1.807) is 36.9 Å². The molecule has 4 heterocycles. The Labute approximate surface area is 198 Å². The monoisotopic (exact) mass is 476 g/mol. The number of aryl methyl sites for hydroxylation is 2. The summed E-state index contributed by atoms with van der Waals surface area (Å²) in [4.78, 5) is 9.15. The van der Waals surface area contributed by atoms with Gasteiger partial charge in [-0.05, 0) is 57.2 Å². The summed E-state index contributed by atoms with van der Waals surface area (Å²) in [5.74, 6) is 1.08. The van der Waals surface area contributed by atoms with Crippen LogP contribution in [0.15, 0.2) is 48.8 Å². The Hall–Kier alpha value is -4.25. The molecule has 0 amide bonds. The van der Waals surface area contributed by atoms with Gasteiger partial charge in [0.25, 0.3) is 6.43 Å². The predicted octanol–water partition coefficient (Wildman–Crippen LogP) is 4.95. The number of aromatic amines is 1. The third-order valence-electron chi connectivity index (χ3n) is 5.64. The van der Waals surface area contributed by atoms with Gasteiger partial charge in [-0.15, -0.1) is 5.10 Å². The first-order valence-electron chi connectivity index (χ1n) is 10.9. The molecule has 1 unspecified atom stereocenters. The van der Waals surface area contributed by atoms with Gasteiger partial charge in [-0.2, -0.15) is 10.2 Å². The van der Waals surface area contributed by atoms with Crippen molar-refractivity contribution in [1.29, 1.82) is 0 Å². The van der Waals surface area contributed by atoms with Crippen LogP contribution in [0.5, 0.6) is 0 Å². The van der Waals surface area contributed by atoms with E-state index in [0.717, 1.165) is 16.9 Å². The second-order valence-corrected chi connectivity index (χ2v) is 8.20. The number of H-pyrrole nitrogens is 1. The van der Waals surface area contributed by atoms with E-state index in [2.05, 4.69) is 35.7 Å². The fourth-order valence-electron chi connectivity index (χ4n) is 3.92. The lowest BCUT2D eigenvalue weighted by Crippen LogP contribution is -2.04. The molecule has 0 saturated carbocycles. The molecule has 0 aliphatic heterocycles. The minimum Gasteiger partial charge on any atom is -0.389 e. The molecule has 0 bridgehead atoms. The van der Waals surface area contributed by atoms with Gasteiger partial charge in [0.05, 0.1) is 34.1 Å². The van der Waals surface area contributed by atoms with Crippen molar-refractivity contribution in [2.24, 2.45) is 0 Å². The minimum atomic E-state index is -2.79. The van der Waals surface area contributed by atoms with E-state index in [1.807, 2.05) is 37.3 Å². The number of fused-ring (bicyclic) bond motifs is 1. The number of halogens is 2. The van der Waals surface area contributed by atoms with E-state index in [1.165, 1.54) is 0 Å². The number of nitrogens with zero attached hydrogens (tertiary/aromatic N) is 6. The van der Waals surface area contributed by atoms with Crippen molar-refractivity contribution in [3.05, 3.63) is 71.4 Å². The van der Waals surface area contributed by atoms with Crippen LogP contribution in [0.3, 0.4) is 0 Å². The summed E-state index contributed by atoms with van der Waals surface area (Å²) in [7, 11) is 0. The summed E-state index contributed by atoms with van der Waals surface area (Å²) in [5.41, 5.74) is 3.98. The molecule has 5 aromatic rings. The smallest absolute Gasteiger partial charge is 0.282 e. The highest BCUT2D eigenvalue weighted by atomic mass is 19.3. The molecule has 0 radical (unpaired) electrons. The fourth-order valence-corrected chi connectivity index (χ4v) is 3.92. The average Bonchev–Trinajstić information content (AvgIpc) is 3.43. The van der Waals surface area contributed by atoms with Crippen LogP contribution in [0, 0.1) is 13.8 Å². The second kappa shape index (κ2) is 8.84. The van der Waals surface area contributed by atoms with Gasteiger partial charge in [-0.25, -0.2) is 18.7 Å². The summed E-state index contributed by atoms with van der Waals surface area (Å²) in [6.07, 6.45) is -2.09. The maximum Gasteiger partial charge on any atom is 0.282 e. The molecular formula is C24H22F2N8O. The summed E-state index contributed by atoms with van der Waals surface area (Å²) >= 11 is 0. The van der Waals surface area contributed by atoms with Gasteiger partial charge in [0, 0.05) is 16.9 Å². The zero-order chi connectivity index (χ0) is 24.7. The Morgan fingerprint density at radius 3 is 2.60 bits per heavy atom. The fraction of sp³-hybridized carbons (Fsp3) is 0.208. The van der Waals surface area contributed by atoms with Gasteiger partial charge in [0.2, 0.25) is 0 Å². The number of imidazole rings is 1. The molecule has 1 aromatic carbocycles. The molecular weight excluding hydrogens is 454 g/mol. The molecule has 11 heteroatoms. The van der Waals surface area contributed by atoms with Gasteiger partial charge in [-0.1, -0.05) is 6.07 Å². The van der Waals surface area contributed by atoms with Crippen molar-refractivity contribution in [3.8, 4) is 17.1 Å². The Balaban J connectivity index is 1.56. The Morgan fingerprint density at radius 1 is 1.06 bits per heavy atom. The lowest BCUT2D eigenvalue weighted by atomic mass is 10.0. The highest BCUT2D eigenvalue weighted by molar-refractivity contribution is 5.82. The standard InChI is InChI=1S/C24H22F2N8O/c1-12-4-8-19(32-30-12)28-15-5-7-18-17(10-15)27-11-34(18)20-9-6-16(14(3)35)22(29-20)21-13(2)31-33-23(21)24(25)26/h4-11,14,24,35H,1-3H3,(H,28,32)(H,31,33). The van der Waals surface area contributed by atoms with Crippen molar-refractivity contribution >= 4 is 22.5 Å². The molecule has 0 spiro atoms. The number of hydrogen-bond acceptors (Lipinski definition) is 7. The number of hydrogen-bond donors (Lipinski definition) is 3. The Kier molecular flexibility index (Phi) is 5.69. The number of benzene rings is 1. The Morgan fingerprint density at radius 2 is 1.89 bits per heavy atom. The second-order valence-electron chi connectivity index (χ2n) is 8.20. The number of aliphatic hydroxyl groups is 1. The number of rotatable bonds is 6. The third kappa shape index (κ3) is 4.21. The van der Waals surface area contributed by atoms with Crippen molar-refractivity contribution < 1.29 is 13.9 Å². The SMILES string of the molecule is Cc1ccc(Nc2ccc3c(c2)ncn3-c2ccc(C(C)O)c(-c3c(C(F)F)n[nH]c3C)n2)nn1. The first-order valence-corrected chi connectivity index (χ1v) is 10.9. The number of anilines is 2. The lowest BCUT2D eigenvalue weighted by molar-refractivity contribution is 0.146. The highest BCUT2D eigenvalue weighted by Gasteiger charge is 2.25. The zero-order valence-electron chi connectivity index (χ0n) is 19.2. The third-order valence-corrected chi connectivity index (χ3v) is 5.64. The molecule has 0 fully saturated rings. The molecule has 4 aromatic heterocycles. The van der Waals surface area contributed by atoms with Gasteiger partial charge >= 0.3 is 0 Å². The predicted molar refractivity (Wildman–Crippen MR) is 127 cm³/mol. The van der Waals surface area contributed by atoms with E-state index in [0.29, 0.717) is 28.4 Å². The number of aromatic nitrogens is 7. The maximum absolute atomic E-state index is 13.7. The number of pyridine rings is 1. The Bertz CT molecular complexity index is 1510. The van der Waals surface area contributed by atoms with E-state index in [-0.39, 0.29) is 11.3 Å². The van der Waals surface area contributed by atoms with Crippen LogP contribution >= 0.6 is 0 Å². The van der Waals surface area contributed by atoms with E-state index < -0.39 is 18.2 Å². The van der Waals surface area contributed by atoms with E-state index in [4.69, 9.17) is 0 Å². The molecule has 178 valence electrons. The first-order chi connectivity index (χ1) is 16.8. The largest absolute Gasteiger partial charge is 0.389 e. The van der Waals surface area contributed by atoms with Crippen LogP contribution in [-0.4, -0.2) is 40.0 Å². The highest BCUT2D eigenvalue weighted by Crippen LogP contribution is 2.36. The van der Waals surface area contributed by atoms with Gasteiger partial charge in [0.15, 0.2) is 5.82 Å². The van der Waals surface area contributed by atoms with Crippen LogP contribution in [0.25, 0.3) is 28.1 Å². The van der Waals surface area contributed by atoms with Crippen molar-refractivity contribution in [3.63, 3.8) is 0 Å². The average molecular weight is 476 g/mol. The molecule has 5 rings (SSSR count). The number of alkyl halides is 2. The lowest BCUT2D eigenvalue weighted by Gasteiger charge is -2.15. The number of nitrogens with one attached hydrogen (secondary N) is 2. The summed E-state index contributed by atoms with van der Waals surface area (Å²) in [5, 5.41) is 28.0. The number of aliphatic hydroxyl groups excluding tert-OH is 1. The molecule has 0 saturated heterocycles. The van der Waals surface area contributed by atoms with Crippen LogP contribution < -0.4 is 5.32 Å². The molecule has 3 N–H and O–H groups in total. The van der Waals surface area contributed by atoms with Crippen LogP contribution in [0.2, 0.25) is 0 Å². The van der Waals surface area contributed by atoms with Crippen molar-refractivity contribution in [2.45, 2.75) is 33.3 Å². The van der Waals surface area contributed by atoms with Crippen molar-refractivity contribution in [1.82, 2.24) is 34.9 Å². The molecule has 35 heavy (non-hydrogen) atoms. The van der Waals surface area contributed by atoms with Gasteiger partial charge in [-0.3, -0.25) is 9.67 Å². The van der Waals surface area contributed by atoms with Crippen LogP contribution in [-0.2, 0) is 0 Å². The minimum absolute atomic E-state index is 0.188. The molecule has 0 aliphatic carbocycles. The topological polar surface area (TPSA) is 117 Å². The first kappa shape index (κ1) is 22.5. The molecule has 1 atom stereocenters. The van der Waals surface area contributed by atoms with Gasteiger partial charge in [0.1, 0.15) is 17.8 Å². The van der Waals surface area contributed by atoms with E-state index in [9.17, 15) is 13.9 Å². The van der Waals surface area contributed by atoms with Crippen LogP contribution in [0.4, 0.5) is 20.3 Å². The normalized spacial score (nSPS) is 12.4. The zero-order valence-corrected chi connectivity index (χ0v) is 19.2.